The molecule has 1 amide bonds. The zero-order chi connectivity index (χ0) is 21.5. The van der Waals surface area contributed by atoms with Crippen LogP contribution in [0.4, 0.5) is 13.2 Å². The largest absolute Gasteiger partial charge is 0.416 e. The summed E-state index contributed by atoms with van der Waals surface area (Å²) in [6.45, 7) is 2.90. The van der Waals surface area contributed by atoms with Gasteiger partial charge in [0.25, 0.3) is 0 Å². The van der Waals surface area contributed by atoms with E-state index in [2.05, 4.69) is 20.9 Å². The number of alkyl halides is 3. The summed E-state index contributed by atoms with van der Waals surface area (Å²) in [5.74, 6) is 0.252. The summed E-state index contributed by atoms with van der Waals surface area (Å²) >= 11 is 0. The Hall–Kier alpha value is -2.30. The molecule has 1 fully saturated rings. The van der Waals surface area contributed by atoms with Crippen molar-refractivity contribution in [2.24, 2.45) is 4.99 Å². The molecule has 1 atom stereocenters. The molecule has 2 rings (SSSR count). The number of sulfone groups is 1. The smallest absolute Gasteiger partial charge is 0.357 e. The summed E-state index contributed by atoms with van der Waals surface area (Å²) in [6, 6.07) is 4.43. The van der Waals surface area contributed by atoms with Gasteiger partial charge in [0.2, 0.25) is 5.91 Å². The molecule has 1 aliphatic heterocycles. The number of halogens is 3. The predicted octanol–water partition coefficient (Wildman–Crippen LogP) is 1.45. The van der Waals surface area contributed by atoms with E-state index in [-0.39, 0.29) is 43.0 Å². The lowest BCUT2D eigenvalue weighted by Gasteiger charge is -2.13. The van der Waals surface area contributed by atoms with Gasteiger partial charge >= 0.3 is 6.18 Å². The number of aliphatic imine (C=N–C) groups is 1. The molecule has 7 nitrogen and oxygen atoms in total. The van der Waals surface area contributed by atoms with Gasteiger partial charge in [0, 0.05) is 25.6 Å². The van der Waals surface area contributed by atoms with E-state index in [9.17, 15) is 26.4 Å². The minimum atomic E-state index is -4.37. The summed E-state index contributed by atoms with van der Waals surface area (Å²) in [4.78, 5) is 16.2. The molecular formula is C18H25F3N4O3S. The third kappa shape index (κ3) is 7.92. The summed E-state index contributed by atoms with van der Waals surface area (Å²) in [6.07, 6.45) is -3.80. The SMILES string of the molecule is CCNC(=NCc1ccc(C(F)(F)F)cc1)NCCC(=O)NC1CCS(=O)(=O)C1. The van der Waals surface area contributed by atoms with Crippen LogP contribution in [0, 0.1) is 0 Å². The van der Waals surface area contributed by atoms with Gasteiger partial charge in [-0.2, -0.15) is 13.2 Å². The Morgan fingerprint density at radius 3 is 2.45 bits per heavy atom. The first-order valence-corrected chi connectivity index (χ1v) is 11.1. The van der Waals surface area contributed by atoms with Crippen molar-refractivity contribution >= 4 is 21.7 Å². The van der Waals surface area contributed by atoms with Crippen LogP contribution in [0.25, 0.3) is 0 Å². The van der Waals surface area contributed by atoms with Gasteiger partial charge in [-0.25, -0.2) is 13.4 Å². The lowest BCUT2D eigenvalue weighted by atomic mass is 10.1. The van der Waals surface area contributed by atoms with Gasteiger partial charge in [0.15, 0.2) is 15.8 Å². The summed E-state index contributed by atoms with van der Waals surface area (Å²) in [5.41, 5.74) is -0.0910. The zero-order valence-electron chi connectivity index (χ0n) is 16.1. The number of carbonyl (C=O) groups is 1. The molecule has 0 spiro atoms. The highest BCUT2D eigenvalue weighted by atomic mass is 32.2. The first-order valence-electron chi connectivity index (χ1n) is 9.27. The third-order valence-electron chi connectivity index (χ3n) is 4.29. The normalized spacial score (nSPS) is 19.0. The van der Waals surface area contributed by atoms with Crippen molar-refractivity contribution in [3.8, 4) is 0 Å². The van der Waals surface area contributed by atoms with Crippen LogP contribution >= 0.6 is 0 Å². The van der Waals surface area contributed by atoms with Crippen molar-refractivity contribution in [3.63, 3.8) is 0 Å². The van der Waals surface area contributed by atoms with Gasteiger partial charge in [-0.3, -0.25) is 4.79 Å². The molecule has 0 radical (unpaired) electrons. The fraction of sp³-hybridized carbons (Fsp3) is 0.556. The van der Waals surface area contributed by atoms with E-state index in [1.54, 1.807) is 0 Å². The van der Waals surface area contributed by atoms with E-state index in [0.717, 1.165) is 12.1 Å². The average molecular weight is 434 g/mol. The molecule has 3 N–H and O–H groups in total. The number of guanidine groups is 1. The van der Waals surface area contributed by atoms with Crippen LogP contribution in [-0.4, -0.2) is 50.9 Å². The number of rotatable bonds is 7. The molecule has 1 heterocycles. The number of amides is 1. The van der Waals surface area contributed by atoms with E-state index >= 15 is 0 Å². The maximum atomic E-state index is 12.6. The first-order chi connectivity index (χ1) is 13.6. The Bertz CT molecular complexity index is 824. The fourth-order valence-electron chi connectivity index (χ4n) is 2.81. The van der Waals surface area contributed by atoms with Gasteiger partial charge in [-0.05, 0) is 31.0 Å². The Morgan fingerprint density at radius 2 is 1.90 bits per heavy atom. The highest BCUT2D eigenvalue weighted by Gasteiger charge is 2.30. The summed E-state index contributed by atoms with van der Waals surface area (Å²) in [7, 11) is -3.05. The van der Waals surface area contributed by atoms with E-state index in [1.807, 2.05) is 6.92 Å². The molecule has 0 bridgehead atoms. The van der Waals surface area contributed by atoms with Crippen LogP contribution in [0.5, 0.6) is 0 Å². The van der Waals surface area contributed by atoms with Crippen molar-refractivity contribution in [1.29, 1.82) is 0 Å². The van der Waals surface area contributed by atoms with Crippen molar-refractivity contribution < 1.29 is 26.4 Å². The third-order valence-corrected chi connectivity index (χ3v) is 6.06. The van der Waals surface area contributed by atoms with Crippen molar-refractivity contribution in [1.82, 2.24) is 16.0 Å². The maximum Gasteiger partial charge on any atom is 0.416 e. The molecule has 0 aromatic heterocycles. The molecule has 162 valence electrons. The van der Waals surface area contributed by atoms with E-state index < -0.39 is 21.6 Å². The monoisotopic (exact) mass is 434 g/mol. The first kappa shape index (κ1) is 23.0. The average Bonchev–Trinajstić information content (AvgIpc) is 2.97. The van der Waals surface area contributed by atoms with Crippen molar-refractivity contribution in [2.75, 3.05) is 24.6 Å². The fourth-order valence-corrected chi connectivity index (χ4v) is 4.49. The number of carbonyl (C=O) groups excluding carboxylic acids is 1. The second-order valence-corrected chi connectivity index (χ2v) is 8.96. The molecule has 1 aromatic rings. The predicted molar refractivity (Wildman–Crippen MR) is 104 cm³/mol. The van der Waals surface area contributed by atoms with Crippen molar-refractivity contribution in [3.05, 3.63) is 35.4 Å². The van der Waals surface area contributed by atoms with Crippen molar-refractivity contribution in [2.45, 2.75) is 38.5 Å². The highest BCUT2D eigenvalue weighted by molar-refractivity contribution is 7.91. The Labute approximate surface area is 168 Å². The second kappa shape index (κ2) is 9.95. The van der Waals surface area contributed by atoms with E-state index in [1.165, 1.54) is 12.1 Å². The maximum absolute atomic E-state index is 12.6. The quantitative estimate of drug-likeness (QED) is 0.446. The van der Waals surface area contributed by atoms with Crippen LogP contribution in [-0.2, 0) is 27.4 Å². The minimum Gasteiger partial charge on any atom is -0.357 e. The van der Waals surface area contributed by atoms with Crippen LogP contribution in [0.15, 0.2) is 29.3 Å². The molecule has 0 saturated carbocycles. The minimum absolute atomic E-state index is 0.0244. The number of nitrogens with one attached hydrogen (secondary N) is 3. The lowest BCUT2D eigenvalue weighted by Crippen LogP contribution is -2.41. The standard InChI is InChI=1S/C18H25F3N4O3S/c1-2-22-17(24-11-13-3-5-14(6-4-13)18(19,20)21)23-9-7-16(26)25-15-8-10-29(27,28)12-15/h3-6,15H,2,7-12H2,1H3,(H,25,26)(H2,22,23,24). The highest BCUT2D eigenvalue weighted by Crippen LogP contribution is 2.29. The number of benzene rings is 1. The Morgan fingerprint density at radius 1 is 1.21 bits per heavy atom. The number of hydrogen-bond donors (Lipinski definition) is 3. The van der Waals surface area contributed by atoms with Gasteiger partial charge in [0.05, 0.1) is 23.6 Å². The second-order valence-electron chi connectivity index (χ2n) is 6.73. The summed E-state index contributed by atoms with van der Waals surface area (Å²) in [5, 5.41) is 8.68. The van der Waals surface area contributed by atoms with E-state index in [4.69, 9.17) is 0 Å². The number of hydrogen-bond acceptors (Lipinski definition) is 4. The van der Waals surface area contributed by atoms with Gasteiger partial charge < -0.3 is 16.0 Å². The molecule has 1 unspecified atom stereocenters. The Balaban J connectivity index is 1.80. The molecule has 1 aromatic carbocycles. The van der Waals surface area contributed by atoms with E-state index in [0.29, 0.717) is 24.5 Å². The summed E-state index contributed by atoms with van der Waals surface area (Å²) < 4.78 is 60.6. The molecular weight excluding hydrogens is 409 g/mol. The topological polar surface area (TPSA) is 99.7 Å². The van der Waals surface area contributed by atoms with Crippen LogP contribution in [0.3, 0.4) is 0 Å². The molecule has 11 heteroatoms. The Kier molecular flexibility index (Phi) is 7.88. The molecule has 0 aliphatic carbocycles. The van der Waals surface area contributed by atoms with Gasteiger partial charge in [-0.1, -0.05) is 12.1 Å². The van der Waals surface area contributed by atoms with Crippen LogP contribution in [0.1, 0.15) is 30.9 Å². The molecule has 1 saturated heterocycles. The van der Waals surface area contributed by atoms with Gasteiger partial charge in [0.1, 0.15) is 0 Å². The van der Waals surface area contributed by atoms with Crippen LogP contribution < -0.4 is 16.0 Å². The zero-order valence-corrected chi connectivity index (χ0v) is 16.9. The molecule has 29 heavy (non-hydrogen) atoms. The number of nitrogens with zero attached hydrogens (tertiary/aromatic N) is 1. The van der Waals surface area contributed by atoms with Crippen LogP contribution in [0.2, 0.25) is 0 Å². The molecule has 1 aliphatic rings. The lowest BCUT2D eigenvalue weighted by molar-refractivity contribution is -0.137. The van der Waals surface area contributed by atoms with Gasteiger partial charge in [-0.15, -0.1) is 0 Å².